The molecule has 2 N–H and O–H groups in total. The van der Waals surface area contributed by atoms with Gasteiger partial charge < -0.3 is 24.4 Å². The average molecular weight is 332 g/mol. The molecule has 2 heterocycles. The lowest BCUT2D eigenvalue weighted by Gasteiger charge is -2.22. The van der Waals surface area contributed by atoms with Crippen LogP contribution in [0.2, 0.25) is 0 Å². The molecule has 0 radical (unpaired) electrons. The molecule has 6 heteroatoms. The van der Waals surface area contributed by atoms with Crippen LogP contribution in [-0.4, -0.2) is 42.2 Å². The van der Waals surface area contributed by atoms with E-state index in [-0.39, 0.29) is 6.10 Å². The molecule has 0 unspecified atom stereocenters. The van der Waals surface area contributed by atoms with Crippen molar-refractivity contribution in [3.05, 3.63) is 18.2 Å². The van der Waals surface area contributed by atoms with Crippen LogP contribution in [0.3, 0.4) is 0 Å². The number of ether oxygens (including phenoxy) is 2. The normalized spacial score (nSPS) is 25.2. The van der Waals surface area contributed by atoms with E-state index in [0.29, 0.717) is 29.7 Å². The van der Waals surface area contributed by atoms with Gasteiger partial charge in [-0.15, -0.1) is 0 Å². The Kier molecular flexibility index (Phi) is 4.58. The van der Waals surface area contributed by atoms with Gasteiger partial charge in [-0.05, 0) is 68.4 Å². The molecule has 0 amide bonds. The molecular formula is C18H24N2O4. The molecule has 1 aliphatic heterocycles. The van der Waals surface area contributed by atoms with Crippen LogP contribution in [0.4, 0.5) is 0 Å². The first kappa shape index (κ1) is 15.7. The number of piperidine rings is 1. The van der Waals surface area contributed by atoms with Crippen LogP contribution in [0.25, 0.3) is 11.0 Å². The monoisotopic (exact) mass is 332 g/mol. The molecule has 1 aromatic carbocycles. The second-order valence-electron chi connectivity index (χ2n) is 6.78. The summed E-state index contributed by atoms with van der Waals surface area (Å²) < 4.78 is 17.4. The van der Waals surface area contributed by atoms with Gasteiger partial charge in [0, 0.05) is 0 Å². The predicted molar refractivity (Wildman–Crippen MR) is 89.4 cm³/mol. The minimum atomic E-state index is -0.403. The lowest BCUT2D eigenvalue weighted by atomic mass is 9.99. The van der Waals surface area contributed by atoms with E-state index in [1.807, 2.05) is 18.2 Å². The standard InChI is InChI=1S/C18H24N2O4/c21-13-3-1-4-14(13)23-15-5-2-6-16-17(15)18(20-24-16)22-11-12-7-9-19-10-8-12/h2,5-6,12-14,19,21H,1,3-4,7-11H2/t13-,14+/m0/s1. The Hall–Kier alpha value is -1.79. The van der Waals surface area contributed by atoms with E-state index < -0.39 is 6.10 Å². The maximum atomic E-state index is 10.0. The number of hydrogen-bond donors (Lipinski definition) is 2. The molecule has 1 saturated heterocycles. The van der Waals surface area contributed by atoms with E-state index in [0.717, 1.165) is 50.6 Å². The molecule has 1 saturated carbocycles. The number of hydrogen-bond acceptors (Lipinski definition) is 6. The zero-order chi connectivity index (χ0) is 16.4. The molecule has 2 aromatic rings. The van der Waals surface area contributed by atoms with E-state index in [1.165, 1.54) is 0 Å². The Morgan fingerprint density at radius 2 is 2.08 bits per heavy atom. The summed E-state index contributed by atoms with van der Waals surface area (Å²) in [5, 5.41) is 18.2. The Balaban J connectivity index is 1.52. The molecule has 4 rings (SSSR count). The Bertz CT molecular complexity index is 681. The topological polar surface area (TPSA) is 76.8 Å². The van der Waals surface area contributed by atoms with Crippen LogP contribution < -0.4 is 14.8 Å². The summed E-state index contributed by atoms with van der Waals surface area (Å²) in [6, 6.07) is 5.63. The average Bonchev–Trinajstić information content (AvgIpc) is 3.21. The molecule has 2 atom stereocenters. The first-order valence-corrected chi connectivity index (χ1v) is 8.88. The number of aliphatic hydroxyl groups excluding tert-OH is 1. The molecule has 24 heavy (non-hydrogen) atoms. The summed E-state index contributed by atoms with van der Waals surface area (Å²) in [5.41, 5.74) is 0.653. The van der Waals surface area contributed by atoms with Crippen molar-refractivity contribution in [1.29, 1.82) is 0 Å². The van der Waals surface area contributed by atoms with Gasteiger partial charge in [0.05, 0.1) is 12.7 Å². The maximum Gasteiger partial charge on any atom is 0.265 e. The van der Waals surface area contributed by atoms with Crippen molar-refractivity contribution in [1.82, 2.24) is 10.5 Å². The molecule has 1 aliphatic carbocycles. The summed E-state index contributed by atoms with van der Waals surface area (Å²) in [5.74, 6) is 1.72. The number of aliphatic hydroxyl groups is 1. The summed E-state index contributed by atoms with van der Waals surface area (Å²) in [4.78, 5) is 0. The third-order valence-electron chi connectivity index (χ3n) is 5.04. The first-order valence-electron chi connectivity index (χ1n) is 8.88. The lowest BCUT2D eigenvalue weighted by Crippen LogP contribution is -2.30. The van der Waals surface area contributed by atoms with E-state index in [1.54, 1.807) is 0 Å². The highest BCUT2D eigenvalue weighted by molar-refractivity contribution is 5.88. The highest BCUT2D eigenvalue weighted by atomic mass is 16.5. The molecule has 2 fully saturated rings. The largest absolute Gasteiger partial charge is 0.487 e. The van der Waals surface area contributed by atoms with Gasteiger partial charge in [-0.1, -0.05) is 6.07 Å². The summed E-state index contributed by atoms with van der Waals surface area (Å²) >= 11 is 0. The minimum absolute atomic E-state index is 0.164. The quantitative estimate of drug-likeness (QED) is 0.876. The van der Waals surface area contributed by atoms with Crippen molar-refractivity contribution in [2.45, 2.75) is 44.3 Å². The minimum Gasteiger partial charge on any atom is -0.487 e. The first-order chi connectivity index (χ1) is 11.8. The maximum absolute atomic E-state index is 10.0. The van der Waals surface area contributed by atoms with Gasteiger partial charge in [0.25, 0.3) is 5.88 Å². The predicted octanol–water partition coefficient (Wildman–Crippen LogP) is 2.50. The Morgan fingerprint density at radius 1 is 1.21 bits per heavy atom. The number of benzene rings is 1. The molecule has 1 aromatic heterocycles. The number of aromatic nitrogens is 1. The van der Waals surface area contributed by atoms with Crippen molar-refractivity contribution in [2.24, 2.45) is 5.92 Å². The van der Waals surface area contributed by atoms with Crippen molar-refractivity contribution in [2.75, 3.05) is 19.7 Å². The van der Waals surface area contributed by atoms with Crippen LogP contribution in [0, 0.1) is 5.92 Å². The molecule has 130 valence electrons. The molecule has 2 aliphatic rings. The van der Waals surface area contributed by atoms with Crippen LogP contribution in [0.5, 0.6) is 11.6 Å². The summed E-state index contributed by atoms with van der Waals surface area (Å²) in [7, 11) is 0. The van der Waals surface area contributed by atoms with Gasteiger partial charge in [0.1, 0.15) is 17.2 Å². The fourth-order valence-corrected chi connectivity index (χ4v) is 3.58. The van der Waals surface area contributed by atoms with E-state index in [4.69, 9.17) is 14.0 Å². The van der Waals surface area contributed by atoms with E-state index in [9.17, 15) is 5.11 Å². The lowest BCUT2D eigenvalue weighted by molar-refractivity contribution is 0.0612. The van der Waals surface area contributed by atoms with Crippen molar-refractivity contribution >= 4 is 11.0 Å². The van der Waals surface area contributed by atoms with Crippen LogP contribution in [0.1, 0.15) is 32.1 Å². The molecule has 0 spiro atoms. The number of nitrogens with zero attached hydrogens (tertiary/aromatic N) is 1. The van der Waals surface area contributed by atoms with Crippen molar-refractivity contribution < 1.29 is 19.1 Å². The second kappa shape index (κ2) is 6.99. The number of nitrogens with one attached hydrogen (secondary N) is 1. The van der Waals surface area contributed by atoms with Gasteiger partial charge in [0.2, 0.25) is 0 Å². The third kappa shape index (κ3) is 3.21. The Labute approximate surface area is 141 Å². The zero-order valence-corrected chi connectivity index (χ0v) is 13.7. The molecular weight excluding hydrogens is 308 g/mol. The van der Waals surface area contributed by atoms with Gasteiger partial charge in [-0.2, -0.15) is 0 Å². The van der Waals surface area contributed by atoms with Crippen LogP contribution in [-0.2, 0) is 0 Å². The number of fused-ring (bicyclic) bond motifs is 1. The molecule has 0 bridgehead atoms. The molecule has 6 nitrogen and oxygen atoms in total. The summed E-state index contributed by atoms with van der Waals surface area (Å²) in [6.07, 6.45) is 4.32. The van der Waals surface area contributed by atoms with Crippen molar-refractivity contribution in [3.8, 4) is 11.6 Å². The van der Waals surface area contributed by atoms with Gasteiger partial charge in [-0.25, -0.2) is 0 Å². The zero-order valence-electron chi connectivity index (χ0n) is 13.7. The van der Waals surface area contributed by atoms with Gasteiger partial charge >= 0.3 is 0 Å². The number of rotatable bonds is 5. The summed E-state index contributed by atoms with van der Waals surface area (Å²) in [6.45, 7) is 2.73. The highest BCUT2D eigenvalue weighted by Gasteiger charge is 2.28. The fourth-order valence-electron chi connectivity index (χ4n) is 3.58. The SMILES string of the molecule is O[C@H]1CCC[C@H]1Oc1cccc2onc(OCC3CCNCC3)c12. The van der Waals surface area contributed by atoms with Gasteiger partial charge in [-0.3, -0.25) is 0 Å². The fraction of sp³-hybridized carbons (Fsp3) is 0.611. The smallest absolute Gasteiger partial charge is 0.265 e. The van der Waals surface area contributed by atoms with E-state index >= 15 is 0 Å². The van der Waals surface area contributed by atoms with Crippen LogP contribution in [0.15, 0.2) is 22.7 Å². The van der Waals surface area contributed by atoms with Gasteiger partial charge in [0.15, 0.2) is 5.58 Å². The van der Waals surface area contributed by atoms with Crippen molar-refractivity contribution in [3.63, 3.8) is 0 Å². The Morgan fingerprint density at radius 3 is 2.88 bits per heavy atom. The van der Waals surface area contributed by atoms with E-state index in [2.05, 4.69) is 10.5 Å². The second-order valence-corrected chi connectivity index (χ2v) is 6.78. The third-order valence-corrected chi connectivity index (χ3v) is 5.04. The highest BCUT2D eigenvalue weighted by Crippen LogP contribution is 2.36. The van der Waals surface area contributed by atoms with Crippen LogP contribution >= 0.6 is 0 Å².